The lowest BCUT2D eigenvalue weighted by Gasteiger charge is -2.09. The molecule has 0 atom stereocenters. The summed E-state index contributed by atoms with van der Waals surface area (Å²) < 4.78 is 6.53. The third-order valence-corrected chi connectivity index (χ3v) is 2.93. The van der Waals surface area contributed by atoms with E-state index in [0.717, 1.165) is 36.9 Å². The maximum atomic E-state index is 11.2. The van der Waals surface area contributed by atoms with Crippen molar-refractivity contribution in [3.63, 3.8) is 0 Å². The summed E-state index contributed by atoms with van der Waals surface area (Å²) in [6.07, 6.45) is 3.90. The maximum Gasteiger partial charge on any atom is 0.354 e. The summed E-state index contributed by atoms with van der Waals surface area (Å²) in [5, 5.41) is 13.6. The lowest BCUT2D eigenvalue weighted by Crippen LogP contribution is -2.14. The largest absolute Gasteiger partial charge is 0.477 e. The summed E-state index contributed by atoms with van der Waals surface area (Å²) in [5.41, 5.74) is 2.24. The van der Waals surface area contributed by atoms with E-state index in [-0.39, 0.29) is 0 Å². The Bertz CT molecular complexity index is 398. The highest BCUT2D eigenvalue weighted by atomic mass is 16.5. The number of rotatable bonds is 4. The van der Waals surface area contributed by atoms with Crippen molar-refractivity contribution in [3.8, 4) is 0 Å². The van der Waals surface area contributed by atoms with Gasteiger partial charge in [-0.3, -0.25) is 4.68 Å². The van der Waals surface area contributed by atoms with Crippen molar-refractivity contribution in [1.82, 2.24) is 9.78 Å². The van der Waals surface area contributed by atoms with Crippen LogP contribution < -0.4 is 0 Å². The Morgan fingerprint density at radius 3 is 2.94 bits per heavy atom. The van der Waals surface area contributed by atoms with E-state index in [4.69, 9.17) is 4.74 Å². The minimum atomic E-state index is -0.883. The van der Waals surface area contributed by atoms with Crippen molar-refractivity contribution in [2.45, 2.75) is 32.2 Å². The molecule has 1 aromatic heterocycles. The van der Waals surface area contributed by atoms with E-state index in [2.05, 4.69) is 5.10 Å². The summed E-state index contributed by atoms with van der Waals surface area (Å²) in [5.74, 6) is -0.883. The van der Waals surface area contributed by atoms with Crippen LogP contribution in [0.4, 0.5) is 0 Å². The molecule has 0 amide bonds. The Morgan fingerprint density at radius 1 is 1.50 bits per heavy atom. The zero-order chi connectivity index (χ0) is 11.5. The van der Waals surface area contributed by atoms with Crippen LogP contribution in [-0.2, 0) is 24.1 Å². The Kier molecular flexibility index (Phi) is 3.24. The third kappa shape index (κ3) is 1.95. The summed E-state index contributed by atoms with van der Waals surface area (Å²) in [6.45, 7) is 0.992. The Labute approximate surface area is 94.0 Å². The number of carbonyl (C=O) groups is 1. The molecule has 0 saturated heterocycles. The number of carboxylic acid groups (broad SMARTS) is 1. The number of fused-ring (bicyclic) bond motifs is 1. The fourth-order valence-corrected chi connectivity index (χ4v) is 2.19. The van der Waals surface area contributed by atoms with E-state index in [1.54, 1.807) is 11.8 Å². The first-order valence-corrected chi connectivity index (χ1v) is 5.55. The molecule has 0 aliphatic heterocycles. The van der Waals surface area contributed by atoms with Crippen molar-refractivity contribution in [2.24, 2.45) is 0 Å². The molecule has 1 aliphatic carbocycles. The first kappa shape index (κ1) is 11.1. The van der Waals surface area contributed by atoms with Crippen LogP contribution in [0.1, 0.15) is 34.6 Å². The van der Waals surface area contributed by atoms with Crippen molar-refractivity contribution in [2.75, 3.05) is 13.7 Å². The van der Waals surface area contributed by atoms with Gasteiger partial charge in [0.2, 0.25) is 0 Å². The van der Waals surface area contributed by atoms with Crippen LogP contribution >= 0.6 is 0 Å². The van der Waals surface area contributed by atoms with E-state index < -0.39 is 5.97 Å². The van der Waals surface area contributed by atoms with Crippen LogP contribution in [-0.4, -0.2) is 34.6 Å². The molecule has 0 radical (unpaired) electrons. The number of hydrogen-bond donors (Lipinski definition) is 1. The fourth-order valence-electron chi connectivity index (χ4n) is 2.19. The predicted octanol–water partition coefficient (Wildman–Crippen LogP) is 1.11. The molecular formula is C11H16N2O3. The first-order chi connectivity index (χ1) is 7.74. The number of aromatic nitrogens is 2. The second-order valence-electron chi connectivity index (χ2n) is 4.00. The SMILES string of the molecule is COCCn1nc2c(c1C(=O)O)CCCC2. The first-order valence-electron chi connectivity index (χ1n) is 5.55. The van der Waals surface area contributed by atoms with Crippen LogP contribution in [0.3, 0.4) is 0 Å². The molecule has 0 fully saturated rings. The number of ether oxygens (including phenoxy) is 1. The number of hydrogen-bond acceptors (Lipinski definition) is 3. The quantitative estimate of drug-likeness (QED) is 0.832. The zero-order valence-electron chi connectivity index (χ0n) is 9.40. The van der Waals surface area contributed by atoms with Crippen LogP contribution in [0, 0.1) is 0 Å². The van der Waals surface area contributed by atoms with Gasteiger partial charge in [-0.2, -0.15) is 5.10 Å². The van der Waals surface area contributed by atoms with Gasteiger partial charge >= 0.3 is 5.97 Å². The van der Waals surface area contributed by atoms with Crippen LogP contribution in [0.5, 0.6) is 0 Å². The standard InChI is InChI=1S/C11H16N2O3/c1-16-7-6-13-10(11(14)15)8-4-2-3-5-9(8)12-13/h2-7H2,1H3,(H,14,15). The summed E-state index contributed by atoms with van der Waals surface area (Å²) in [6, 6.07) is 0. The normalized spacial score (nSPS) is 14.8. The van der Waals surface area contributed by atoms with Crippen molar-refractivity contribution < 1.29 is 14.6 Å². The fraction of sp³-hybridized carbons (Fsp3) is 0.636. The summed E-state index contributed by atoms with van der Waals surface area (Å²) >= 11 is 0. The van der Waals surface area contributed by atoms with E-state index in [1.165, 1.54) is 0 Å². The minimum absolute atomic E-state index is 0.353. The topological polar surface area (TPSA) is 64.4 Å². The van der Waals surface area contributed by atoms with Gasteiger partial charge in [0.1, 0.15) is 5.69 Å². The highest BCUT2D eigenvalue weighted by Crippen LogP contribution is 2.24. The van der Waals surface area contributed by atoms with Crippen LogP contribution in [0.2, 0.25) is 0 Å². The molecular weight excluding hydrogens is 208 g/mol. The molecule has 1 aliphatic rings. The van der Waals surface area contributed by atoms with Crippen LogP contribution in [0.15, 0.2) is 0 Å². The summed E-state index contributed by atoms with van der Waals surface area (Å²) in [7, 11) is 1.60. The molecule has 5 nitrogen and oxygen atoms in total. The minimum Gasteiger partial charge on any atom is -0.477 e. The Balaban J connectivity index is 2.35. The summed E-state index contributed by atoms with van der Waals surface area (Å²) in [4.78, 5) is 11.2. The molecule has 0 aromatic carbocycles. The molecule has 1 N–H and O–H groups in total. The highest BCUT2D eigenvalue weighted by molar-refractivity contribution is 5.87. The number of aromatic carboxylic acids is 1. The van der Waals surface area contributed by atoms with Crippen LogP contribution in [0.25, 0.3) is 0 Å². The lowest BCUT2D eigenvalue weighted by molar-refractivity contribution is 0.0679. The average molecular weight is 224 g/mol. The number of methoxy groups -OCH3 is 1. The third-order valence-electron chi connectivity index (χ3n) is 2.93. The van der Waals surface area contributed by atoms with Gasteiger partial charge in [0.05, 0.1) is 18.8 Å². The number of nitrogens with zero attached hydrogens (tertiary/aromatic N) is 2. The Hall–Kier alpha value is -1.36. The van der Waals surface area contributed by atoms with E-state index in [1.807, 2.05) is 0 Å². The molecule has 2 rings (SSSR count). The molecule has 1 aromatic rings. The molecule has 0 saturated carbocycles. The monoisotopic (exact) mass is 224 g/mol. The second-order valence-corrected chi connectivity index (χ2v) is 4.00. The molecule has 1 heterocycles. The van der Waals surface area contributed by atoms with Gasteiger partial charge < -0.3 is 9.84 Å². The number of carboxylic acids is 1. The molecule has 5 heteroatoms. The highest BCUT2D eigenvalue weighted by Gasteiger charge is 2.24. The molecule has 0 unspecified atom stereocenters. The number of aryl methyl sites for hydroxylation is 1. The van der Waals surface area contributed by atoms with Gasteiger partial charge in [-0.1, -0.05) is 0 Å². The van der Waals surface area contributed by atoms with Gasteiger partial charge in [0.15, 0.2) is 0 Å². The molecule has 16 heavy (non-hydrogen) atoms. The van der Waals surface area contributed by atoms with Gasteiger partial charge in [0, 0.05) is 12.7 Å². The molecule has 0 bridgehead atoms. The van der Waals surface area contributed by atoms with Gasteiger partial charge in [-0.05, 0) is 25.7 Å². The average Bonchev–Trinajstić information content (AvgIpc) is 2.64. The smallest absolute Gasteiger partial charge is 0.354 e. The molecule has 88 valence electrons. The van der Waals surface area contributed by atoms with Gasteiger partial charge in [-0.25, -0.2) is 4.79 Å². The van der Waals surface area contributed by atoms with E-state index >= 15 is 0 Å². The van der Waals surface area contributed by atoms with Crippen molar-refractivity contribution in [3.05, 3.63) is 17.0 Å². The predicted molar refractivity (Wildman–Crippen MR) is 57.7 cm³/mol. The van der Waals surface area contributed by atoms with E-state index in [9.17, 15) is 9.90 Å². The zero-order valence-corrected chi connectivity index (χ0v) is 9.40. The molecule has 0 spiro atoms. The van der Waals surface area contributed by atoms with Gasteiger partial charge in [0.25, 0.3) is 0 Å². The maximum absolute atomic E-state index is 11.2. The van der Waals surface area contributed by atoms with Crippen molar-refractivity contribution in [1.29, 1.82) is 0 Å². The van der Waals surface area contributed by atoms with E-state index in [0.29, 0.717) is 18.8 Å². The second kappa shape index (κ2) is 4.65. The lowest BCUT2D eigenvalue weighted by atomic mass is 9.96. The van der Waals surface area contributed by atoms with Gasteiger partial charge in [-0.15, -0.1) is 0 Å². The van der Waals surface area contributed by atoms with Crippen molar-refractivity contribution >= 4 is 5.97 Å². The Morgan fingerprint density at radius 2 is 2.25 bits per heavy atom.